The summed E-state index contributed by atoms with van der Waals surface area (Å²) in [7, 11) is 0. The Bertz CT molecular complexity index is 840. The molecule has 2 atom stereocenters. The van der Waals surface area contributed by atoms with Crippen LogP contribution in [0.25, 0.3) is 0 Å². The Labute approximate surface area is 156 Å². The molecule has 0 spiro atoms. The summed E-state index contributed by atoms with van der Waals surface area (Å²) in [6, 6.07) is 6.91. The maximum Gasteiger partial charge on any atom is 0.338 e. The van der Waals surface area contributed by atoms with Crippen molar-refractivity contribution in [1.29, 1.82) is 0 Å². The van der Waals surface area contributed by atoms with E-state index in [0.717, 1.165) is 25.0 Å². The Hall–Kier alpha value is -2.38. The van der Waals surface area contributed by atoms with Gasteiger partial charge in [-0.3, -0.25) is 0 Å². The van der Waals surface area contributed by atoms with Crippen molar-refractivity contribution in [3.05, 3.63) is 52.4 Å². The first kappa shape index (κ1) is 17.1. The van der Waals surface area contributed by atoms with Gasteiger partial charge in [-0.2, -0.15) is 10.1 Å². The highest BCUT2D eigenvalue weighted by atomic mass is 35.5. The molecule has 2 aliphatic heterocycles. The zero-order chi connectivity index (χ0) is 18.1. The van der Waals surface area contributed by atoms with E-state index in [4.69, 9.17) is 21.1 Å². The number of ether oxygens (including phenoxy) is 2. The van der Waals surface area contributed by atoms with Crippen LogP contribution in [0.3, 0.4) is 0 Å². The summed E-state index contributed by atoms with van der Waals surface area (Å²) in [5, 5.41) is 8.04. The predicted molar refractivity (Wildman–Crippen MR) is 95.9 cm³/mol. The van der Waals surface area contributed by atoms with E-state index >= 15 is 0 Å². The minimum atomic E-state index is -0.428. The molecule has 1 fully saturated rings. The Morgan fingerprint density at radius 2 is 2.23 bits per heavy atom. The molecule has 26 heavy (non-hydrogen) atoms. The molecule has 2 aliphatic rings. The number of allylic oxidation sites excluding steroid dienone is 1. The molecule has 4 rings (SSSR count). The zero-order valence-corrected chi connectivity index (χ0v) is 15.1. The van der Waals surface area contributed by atoms with Gasteiger partial charge in [0.15, 0.2) is 0 Å². The number of aromatic nitrogens is 3. The molecular weight excluding hydrogens is 356 g/mol. The highest BCUT2D eigenvalue weighted by molar-refractivity contribution is 6.30. The van der Waals surface area contributed by atoms with Gasteiger partial charge >= 0.3 is 5.97 Å². The van der Waals surface area contributed by atoms with Crippen LogP contribution in [0.1, 0.15) is 31.4 Å². The van der Waals surface area contributed by atoms with Gasteiger partial charge in [0.2, 0.25) is 5.95 Å². The van der Waals surface area contributed by atoms with Crippen LogP contribution in [-0.2, 0) is 14.3 Å². The summed E-state index contributed by atoms with van der Waals surface area (Å²) < 4.78 is 12.8. The molecule has 8 heteroatoms. The minimum Gasteiger partial charge on any atom is -0.459 e. The number of fused-ring (bicyclic) bond motifs is 1. The summed E-state index contributed by atoms with van der Waals surface area (Å²) in [5.41, 5.74) is 2.08. The first-order chi connectivity index (χ1) is 12.6. The fourth-order valence-electron chi connectivity index (χ4n) is 3.33. The minimum absolute atomic E-state index is 0.0210. The number of carbonyl (C=O) groups excluding carboxylic acids is 1. The number of hydrogen-bond donors (Lipinski definition) is 1. The van der Waals surface area contributed by atoms with Crippen LogP contribution in [-0.4, -0.2) is 40.1 Å². The van der Waals surface area contributed by atoms with Gasteiger partial charge in [-0.1, -0.05) is 23.7 Å². The Balaban J connectivity index is 1.65. The van der Waals surface area contributed by atoms with E-state index in [-0.39, 0.29) is 18.7 Å². The van der Waals surface area contributed by atoms with Crippen LogP contribution in [0.2, 0.25) is 5.02 Å². The first-order valence-electron chi connectivity index (χ1n) is 8.55. The van der Waals surface area contributed by atoms with Gasteiger partial charge in [0.05, 0.1) is 11.7 Å². The van der Waals surface area contributed by atoms with E-state index in [0.29, 0.717) is 22.2 Å². The summed E-state index contributed by atoms with van der Waals surface area (Å²) in [6.07, 6.45) is 3.35. The molecule has 0 saturated carbocycles. The third kappa shape index (κ3) is 3.20. The van der Waals surface area contributed by atoms with Gasteiger partial charge in [0.1, 0.15) is 19.0 Å². The molecule has 0 bridgehead atoms. The fourth-order valence-corrected chi connectivity index (χ4v) is 3.46. The summed E-state index contributed by atoms with van der Waals surface area (Å²) in [5.74, 6) is 0.199. The molecule has 0 amide bonds. The number of halogens is 1. The van der Waals surface area contributed by atoms with Gasteiger partial charge in [-0.15, -0.1) is 0 Å². The maximum absolute atomic E-state index is 12.9. The lowest BCUT2D eigenvalue weighted by Crippen LogP contribution is -2.30. The van der Waals surface area contributed by atoms with Crippen LogP contribution in [0.5, 0.6) is 0 Å². The molecule has 1 aromatic carbocycles. The van der Waals surface area contributed by atoms with Crippen molar-refractivity contribution in [2.24, 2.45) is 0 Å². The average Bonchev–Trinajstić information content (AvgIpc) is 3.30. The van der Waals surface area contributed by atoms with E-state index in [9.17, 15) is 4.79 Å². The topological polar surface area (TPSA) is 78.3 Å². The van der Waals surface area contributed by atoms with E-state index in [1.165, 1.54) is 6.33 Å². The highest BCUT2D eigenvalue weighted by Crippen LogP contribution is 2.35. The van der Waals surface area contributed by atoms with E-state index in [1.807, 2.05) is 19.1 Å². The lowest BCUT2D eigenvalue weighted by molar-refractivity contribution is -0.142. The Kier molecular flexibility index (Phi) is 4.65. The third-order valence-electron chi connectivity index (χ3n) is 4.62. The van der Waals surface area contributed by atoms with Crippen LogP contribution in [0, 0.1) is 0 Å². The van der Waals surface area contributed by atoms with Crippen molar-refractivity contribution in [1.82, 2.24) is 14.8 Å². The fraction of sp³-hybridized carbons (Fsp3) is 0.389. The maximum atomic E-state index is 12.9. The molecule has 0 radical (unpaired) electrons. The largest absolute Gasteiger partial charge is 0.459 e. The van der Waals surface area contributed by atoms with Crippen molar-refractivity contribution in [2.45, 2.75) is 31.9 Å². The molecule has 0 unspecified atom stereocenters. The van der Waals surface area contributed by atoms with Gasteiger partial charge < -0.3 is 14.8 Å². The van der Waals surface area contributed by atoms with Crippen molar-refractivity contribution in [3.8, 4) is 0 Å². The number of nitrogens with one attached hydrogen (secondary N) is 1. The van der Waals surface area contributed by atoms with E-state index in [2.05, 4.69) is 15.4 Å². The van der Waals surface area contributed by atoms with Crippen molar-refractivity contribution < 1.29 is 14.3 Å². The summed E-state index contributed by atoms with van der Waals surface area (Å²) >= 11 is 6.02. The second kappa shape index (κ2) is 7.09. The summed E-state index contributed by atoms with van der Waals surface area (Å²) in [4.78, 5) is 17.1. The molecule has 1 saturated heterocycles. The third-order valence-corrected chi connectivity index (χ3v) is 4.88. The average molecular weight is 375 g/mol. The predicted octanol–water partition coefficient (Wildman–Crippen LogP) is 2.94. The molecule has 2 aromatic rings. The van der Waals surface area contributed by atoms with Crippen LogP contribution >= 0.6 is 11.6 Å². The van der Waals surface area contributed by atoms with Crippen LogP contribution in [0.4, 0.5) is 5.95 Å². The van der Waals surface area contributed by atoms with E-state index < -0.39 is 6.04 Å². The van der Waals surface area contributed by atoms with Gasteiger partial charge in [0, 0.05) is 17.3 Å². The first-order valence-corrected chi connectivity index (χ1v) is 8.93. The SMILES string of the molecule is CC1=C(C(=O)OC[C@@H]2CCCO2)[C@@H](c2ccc(Cl)cc2)n2ncnc2N1. The van der Waals surface area contributed by atoms with E-state index in [1.54, 1.807) is 16.8 Å². The lowest BCUT2D eigenvalue weighted by Gasteiger charge is -2.28. The van der Waals surface area contributed by atoms with Gasteiger partial charge in [0.25, 0.3) is 0 Å². The molecule has 1 aromatic heterocycles. The lowest BCUT2D eigenvalue weighted by atomic mass is 9.96. The number of nitrogens with zero attached hydrogens (tertiary/aromatic N) is 3. The molecule has 3 heterocycles. The molecule has 1 N–H and O–H groups in total. The van der Waals surface area contributed by atoms with Gasteiger partial charge in [-0.05, 0) is 37.5 Å². The number of hydrogen-bond acceptors (Lipinski definition) is 6. The number of carbonyl (C=O) groups is 1. The van der Waals surface area contributed by atoms with Gasteiger partial charge in [-0.25, -0.2) is 9.48 Å². The quantitative estimate of drug-likeness (QED) is 0.829. The Morgan fingerprint density at radius 3 is 2.96 bits per heavy atom. The number of rotatable bonds is 4. The number of anilines is 1. The van der Waals surface area contributed by atoms with Crippen molar-refractivity contribution >= 4 is 23.5 Å². The second-order valence-corrected chi connectivity index (χ2v) is 6.82. The number of esters is 1. The summed E-state index contributed by atoms with van der Waals surface area (Å²) in [6.45, 7) is 2.82. The van der Waals surface area contributed by atoms with Crippen molar-refractivity contribution in [2.75, 3.05) is 18.5 Å². The van der Waals surface area contributed by atoms with Crippen molar-refractivity contribution in [3.63, 3.8) is 0 Å². The molecule has 7 nitrogen and oxygen atoms in total. The standard InChI is InChI=1S/C18H19ClN4O3/c1-11-15(17(24)26-9-14-3-2-8-25-14)16(12-4-6-13(19)7-5-12)23-18(22-11)20-10-21-23/h4-7,10,14,16H,2-3,8-9H2,1H3,(H,20,21,22)/t14-,16+/m0/s1. The second-order valence-electron chi connectivity index (χ2n) is 6.38. The number of benzene rings is 1. The zero-order valence-electron chi connectivity index (χ0n) is 14.3. The normalized spacial score (nSPS) is 22.1. The van der Waals surface area contributed by atoms with Crippen LogP contribution < -0.4 is 5.32 Å². The Morgan fingerprint density at radius 1 is 1.42 bits per heavy atom. The van der Waals surface area contributed by atoms with Crippen LogP contribution in [0.15, 0.2) is 41.9 Å². The highest BCUT2D eigenvalue weighted by Gasteiger charge is 2.34. The molecule has 0 aliphatic carbocycles. The monoisotopic (exact) mass is 374 g/mol. The molecular formula is C18H19ClN4O3. The molecule has 136 valence electrons. The smallest absolute Gasteiger partial charge is 0.338 e.